The molecule has 0 rings (SSSR count). The van der Waals surface area contributed by atoms with Gasteiger partial charge in [0.15, 0.2) is 18.1 Å². The van der Waals surface area contributed by atoms with Crippen LogP contribution in [-0.4, -0.2) is 62.4 Å². The molecule has 7 nitrogen and oxygen atoms in total. The zero-order valence-electron chi connectivity index (χ0n) is 28.4. The molecule has 0 aromatic heterocycles. The Morgan fingerprint density at radius 1 is 0.465 bits per heavy atom. The monoisotopic (exact) mass is 611 g/mol. The van der Waals surface area contributed by atoms with Gasteiger partial charge in [-0.05, 0) is 38.2 Å². The number of unbranched alkanes of at least 4 members (excludes halogenated alkanes) is 16. The number of carboxylic acid groups (broad SMARTS) is 3. The molecule has 43 heavy (non-hydrogen) atoms. The van der Waals surface area contributed by atoms with E-state index < -0.39 is 40.5 Å². The van der Waals surface area contributed by atoms with Crippen molar-refractivity contribution in [1.29, 1.82) is 0 Å². The van der Waals surface area contributed by atoms with E-state index in [0.29, 0.717) is 19.3 Å². The van der Waals surface area contributed by atoms with E-state index >= 15 is 0 Å². The van der Waals surface area contributed by atoms with Crippen LogP contribution in [0.2, 0.25) is 0 Å². The molecule has 0 aliphatic heterocycles. The van der Waals surface area contributed by atoms with Gasteiger partial charge in [0, 0.05) is 19.3 Å². The molecule has 0 fully saturated rings. The lowest BCUT2D eigenvalue weighted by Crippen LogP contribution is -2.72. The van der Waals surface area contributed by atoms with Crippen LogP contribution >= 0.6 is 0 Å². The van der Waals surface area contributed by atoms with Gasteiger partial charge in [0.2, 0.25) is 0 Å². The van der Waals surface area contributed by atoms with Crippen molar-refractivity contribution in [2.45, 2.75) is 193 Å². The minimum absolute atomic E-state index is 0.101. The van der Waals surface area contributed by atoms with Crippen molar-refractivity contribution >= 4 is 17.9 Å². The summed E-state index contributed by atoms with van der Waals surface area (Å²) in [5, 5.41) is 30.8. The molecule has 252 valence electrons. The van der Waals surface area contributed by atoms with Crippen molar-refractivity contribution in [1.82, 2.24) is 0 Å². The van der Waals surface area contributed by atoms with E-state index in [4.69, 9.17) is 0 Å². The summed E-state index contributed by atoms with van der Waals surface area (Å²) < 4.78 is -0.453. The summed E-state index contributed by atoms with van der Waals surface area (Å²) in [5.74, 6) is -3.34. The predicted molar refractivity (Wildman–Crippen MR) is 177 cm³/mol. The lowest BCUT2D eigenvalue weighted by Gasteiger charge is -2.49. The SMILES string of the molecule is CCCCCCCCCCCCCCCCCC/C=C/C[N+](C(CCC)C(=O)O)(C(CCC)C(=O)O)C(CCC)C(=O)O. The number of nitrogens with zero attached hydrogens (tertiary/aromatic N) is 1. The average molecular weight is 611 g/mol. The summed E-state index contributed by atoms with van der Waals surface area (Å²) in [6.07, 6.45) is 28.1. The Balaban J connectivity index is 4.90. The first-order chi connectivity index (χ1) is 20.7. The smallest absolute Gasteiger partial charge is 0.362 e. The molecule has 0 aromatic carbocycles. The molecule has 0 saturated carbocycles. The first-order valence-corrected chi connectivity index (χ1v) is 17.9. The number of allylic oxidation sites excluding steroid dienone is 1. The minimum Gasteiger partial charge on any atom is -0.477 e. The summed E-state index contributed by atoms with van der Waals surface area (Å²) >= 11 is 0. The van der Waals surface area contributed by atoms with Crippen LogP contribution in [0.3, 0.4) is 0 Å². The minimum atomic E-state index is -1.11. The molecule has 0 radical (unpaired) electrons. The number of carboxylic acids is 3. The summed E-state index contributed by atoms with van der Waals surface area (Å²) in [5.41, 5.74) is 0. The van der Waals surface area contributed by atoms with Gasteiger partial charge in [-0.25, -0.2) is 14.4 Å². The van der Waals surface area contributed by atoms with Crippen molar-refractivity contribution in [2.75, 3.05) is 6.54 Å². The maximum atomic E-state index is 12.6. The Hall–Kier alpha value is -1.89. The van der Waals surface area contributed by atoms with Crippen molar-refractivity contribution in [3.63, 3.8) is 0 Å². The standard InChI is InChI=1S/C36H67NO6/c1-5-9-10-11-12-13-14-15-16-17-18-19-20-21-22-23-24-25-26-30-37(31(27-6-2)34(38)39,32(28-7-3)35(40)41)33(29-8-4)36(42)43/h25-26,31-33H,5-24,27-30H2,1-4H3,(H2-,38,39,40,41,42,43)/p+1/b26-25+. The molecule has 0 spiro atoms. The van der Waals surface area contributed by atoms with Crippen LogP contribution in [0, 0.1) is 0 Å². The number of hydrogen-bond acceptors (Lipinski definition) is 3. The Morgan fingerprint density at radius 3 is 1.05 bits per heavy atom. The van der Waals surface area contributed by atoms with E-state index in [1.54, 1.807) is 0 Å². The zero-order chi connectivity index (χ0) is 32.3. The van der Waals surface area contributed by atoms with Gasteiger partial charge in [-0.2, -0.15) is 0 Å². The van der Waals surface area contributed by atoms with E-state index in [2.05, 4.69) is 6.92 Å². The quantitative estimate of drug-likeness (QED) is 0.0409. The maximum absolute atomic E-state index is 12.6. The van der Waals surface area contributed by atoms with Gasteiger partial charge in [0.1, 0.15) is 0 Å². The van der Waals surface area contributed by atoms with E-state index in [1.165, 1.54) is 89.9 Å². The highest BCUT2D eigenvalue weighted by atomic mass is 16.4. The summed E-state index contributed by atoms with van der Waals surface area (Å²) in [6, 6.07) is -3.28. The normalized spacial score (nSPS) is 15.3. The molecule has 0 aromatic rings. The van der Waals surface area contributed by atoms with Gasteiger partial charge in [-0.1, -0.05) is 130 Å². The lowest BCUT2D eigenvalue weighted by molar-refractivity contribution is -0.968. The molecular formula is C36H68NO6+. The van der Waals surface area contributed by atoms with Crippen LogP contribution in [0.15, 0.2) is 12.2 Å². The van der Waals surface area contributed by atoms with Crippen LogP contribution in [-0.2, 0) is 14.4 Å². The van der Waals surface area contributed by atoms with Crippen molar-refractivity contribution in [2.24, 2.45) is 0 Å². The summed E-state index contributed by atoms with van der Waals surface area (Å²) in [6.45, 7) is 7.96. The highest BCUT2D eigenvalue weighted by molar-refractivity contribution is 5.78. The molecule has 0 heterocycles. The van der Waals surface area contributed by atoms with Crippen LogP contribution in [0.1, 0.15) is 175 Å². The molecule has 0 bridgehead atoms. The van der Waals surface area contributed by atoms with Gasteiger partial charge in [0.05, 0.1) is 6.54 Å². The number of quaternary nitrogens is 1. The predicted octanol–water partition coefficient (Wildman–Crippen LogP) is 9.77. The Labute approximate surface area is 264 Å². The summed E-state index contributed by atoms with van der Waals surface area (Å²) in [7, 11) is 0. The highest BCUT2D eigenvalue weighted by Crippen LogP contribution is 2.33. The highest BCUT2D eigenvalue weighted by Gasteiger charge is 2.56. The lowest BCUT2D eigenvalue weighted by atomic mass is 9.92. The number of aliphatic carboxylic acids is 3. The molecule has 0 aliphatic carbocycles. The number of hydrogen-bond donors (Lipinski definition) is 3. The van der Waals surface area contributed by atoms with Crippen LogP contribution < -0.4 is 0 Å². The Morgan fingerprint density at radius 2 is 0.767 bits per heavy atom. The maximum Gasteiger partial charge on any atom is 0.362 e. The zero-order valence-corrected chi connectivity index (χ0v) is 28.4. The van der Waals surface area contributed by atoms with Crippen molar-refractivity contribution in [3.05, 3.63) is 12.2 Å². The van der Waals surface area contributed by atoms with Gasteiger partial charge in [0.25, 0.3) is 0 Å². The summed E-state index contributed by atoms with van der Waals surface area (Å²) in [4.78, 5) is 37.7. The molecule has 0 saturated heterocycles. The van der Waals surface area contributed by atoms with Crippen molar-refractivity contribution in [3.8, 4) is 0 Å². The fourth-order valence-corrected chi connectivity index (χ4v) is 6.75. The van der Waals surface area contributed by atoms with Crippen molar-refractivity contribution < 1.29 is 34.2 Å². The third kappa shape index (κ3) is 16.7. The first-order valence-electron chi connectivity index (χ1n) is 17.9. The second-order valence-corrected chi connectivity index (χ2v) is 12.7. The second-order valence-electron chi connectivity index (χ2n) is 12.7. The third-order valence-electron chi connectivity index (χ3n) is 9.09. The van der Waals surface area contributed by atoms with Crippen LogP contribution in [0.5, 0.6) is 0 Å². The van der Waals surface area contributed by atoms with Gasteiger partial charge >= 0.3 is 17.9 Å². The van der Waals surface area contributed by atoms with E-state index in [9.17, 15) is 29.7 Å². The van der Waals surface area contributed by atoms with Crippen LogP contribution in [0.4, 0.5) is 0 Å². The molecule has 0 aliphatic rings. The number of carbonyl (C=O) groups is 3. The Kier molecular flexibility index (Phi) is 25.3. The fourth-order valence-electron chi connectivity index (χ4n) is 6.75. The molecule has 7 heteroatoms. The Bertz CT molecular complexity index is 692. The first kappa shape index (κ1) is 41.1. The van der Waals surface area contributed by atoms with Crippen LogP contribution in [0.25, 0.3) is 0 Å². The third-order valence-corrected chi connectivity index (χ3v) is 9.09. The molecule has 3 atom stereocenters. The molecule has 3 N–H and O–H groups in total. The van der Waals surface area contributed by atoms with E-state index in [0.717, 1.165) is 19.3 Å². The van der Waals surface area contributed by atoms with Gasteiger partial charge < -0.3 is 15.3 Å². The molecule has 0 amide bonds. The van der Waals surface area contributed by atoms with E-state index in [1.807, 2.05) is 32.9 Å². The average Bonchev–Trinajstić information content (AvgIpc) is 2.97. The topological polar surface area (TPSA) is 112 Å². The van der Waals surface area contributed by atoms with Gasteiger partial charge in [-0.3, -0.25) is 4.48 Å². The van der Waals surface area contributed by atoms with Gasteiger partial charge in [-0.15, -0.1) is 0 Å². The largest absolute Gasteiger partial charge is 0.477 e. The number of rotatable bonds is 31. The second kappa shape index (κ2) is 26.5. The fraction of sp³-hybridized carbons (Fsp3) is 0.861. The molecular weight excluding hydrogens is 542 g/mol. The van der Waals surface area contributed by atoms with E-state index in [-0.39, 0.29) is 25.8 Å². The molecule has 3 unspecified atom stereocenters.